The van der Waals surface area contributed by atoms with Crippen LogP contribution in [0.2, 0.25) is 15.1 Å². The molecule has 1 aromatic heterocycles. The van der Waals surface area contributed by atoms with Crippen LogP contribution in [-0.2, 0) is 66.3 Å². The number of amides is 7. The van der Waals surface area contributed by atoms with Crippen molar-refractivity contribution in [3.8, 4) is 28.7 Å². The van der Waals surface area contributed by atoms with E-state index in [-0.39, 0.29) is 66.3 Å². The van der Waals surface area contributed by atoms with Crippen molar-refractivity contribution in [1.82, 2.24) is 41.8 Å². The lowest BCUT2D eigenvalue weighted by molar-refractivity contribution is -0.143. The molecule has 4 aliphatic rings. The maximum Gasteiger partial charge on any atom is 0.330 e. The number of aliphatic carboxylic acids is 2. The van der Waals surface area contributed by atoms with E-state index in [0.29, 0.717) is 10.9 Å². The van der Waals surface area contributed by atoms with Crippen molar-refractivity contribution in [3.05, 3.63) is 194 Å². The Bertz CT molecular complexity index is 4160. The van der Waals surface area contributed by atoms with Crippen LogP contribution in [0.1, 0.15) is 70.4 Å². The number of phenols is 4. The summed E-state index contributed by atoms with van der Waals surface area (Å²) in [6.07, 6.45) is 0.112. The fourth-order valence-corrected chi connectivity index (χ4v) is 11.7. The van der Waals surface area contributed by atoms with E-state index in [2.05, 4.69) is 37.2 Å². The zero-order chi connectivity index (χ0) is 65.2. The van der Waals surface area contributed by atoms with Crippen molar-refractivity contribution in [2.75, 3.05) is 0 Å². The van der Waals surface area contributed by atoms with Crippen LogP contribution >= 0.6 is 34.8 Å². The molecule has 4 heterocycles. The Kier molecular flexibility index (Phi) is 18.3. The average Bonchev–Trinajstić information content (AvgIpc) is 1.67. The summed E-state index contributed by atoms with van der Waals surface area (Å²) in [6, 6.07) is 15.1. The first-order valence-corrected chi connectivity index (χ1v) is 28.9. The largest absolute Gasteiger partial charge is 0.508 e. The number of phenolic OH excluding ortho intramolecular Hbond substituents is 4. The Morgan fingerprint density at radius 1 is 0.637 bits per heavy atom. The second-order valence-corrected chi connectivity index (χ2v) is 22.9. The predicted octanol–water partition coefficient (Wildman–Crippen LogP) is 4.65. The van der Waals surface area contributed by atoms with Gasteiger partial charge in [-0.1, -0.05) is 102 Å². The van der Waals surface area contributed by atoms with Crippen LogP contribution in [0.25, 0.3) is 10.9 Å². The number of nitrogens with zero attached hydrogens (tertiary/aromatic N) is 1. The lowest BCUT2D eigenvalue weighted by Crippen LogP contribution is -2.65. The Morgan fingerprint density at radius 2 is 1.23 bits per heavy atom. The molecule has 0 saturated carbocycles. The number of ether oxygens (including phenoxy) is 1. The Hall–Kier alpha value is -10.6. The molecule has 468 valence electrons. The summed E-state index contributed by atoms with van der Waals surface area (Å²) < 4.78 is 8.03. The minimum absolute atomic E-state index is 0.0411. The van der Waals surface area contributed by atoms with Gasteiger partial charge in [-0.3, -0.25) is 43.2 Å². The molecule has 0 fully saturated rings. The van der Waals surface area contributed by atoms with E-state index in [1.807, 2.05) is 0 Å². The lowest BCUT2D eigenvalue weighted by Gasteiger charge is -2.44. The highest BCUT2D eigenvalue weighted by atomic mass is 35.5. The molecule has 13 N–H and O–H groups in total. The molecule has 9 unspecified atom stereocenters. The molecule has 6 aromatic carbocycles. The average molecular weight is 1300 g/mol. The van der Waals surface area contributed by atoms with Gasteiger partial charge in [0.1, 0.15) is 71.4 Å². The molecular weight excluding hydrogens is 1250 g/mol. The molecule has 25 nitrogen and oxygen atoms in total. The summed E-state index contributed by atoms with van der Waals surface area (Å²) in [5, 5.41) is 78.9. The van der Waals surface area contributed by atoms with Crippen molar-refractivity contribution in [3.63, 3.8) is 0 Å². The number of aromatic hydroxyl groups is 4. The molecule has 7 amide bonds. The van der Waals surface area contributed by atoms with Gasteiger partial charge in [0, 0.05) is 36.4 Å². The standard InChI is InChI=1S/C63H53Cl3N8O17/c64-38-22-31(9-16-44(38)76)51(69-49(80)26-50(81)82)58(85)68-42-25-34-28-74(43-4-2-1-3-37(34)43)63-20-19-47(79)48(27-63)91-36-14-5-29(6-15-36)21-41(56(83)72-54(62(89)90)30-7-12-35(75)13-8-30)67-59(86)52(32-10-17-45(77)39(65)23-32)71-61(88)55(63)73-60(87)53(70-57(42)84)33-11-18-46(78)40(66)24-33/h1-20,22-24,28,41-42,48,51-55,75-78H,21,25-27H2,(H,67,86)(H,68,85)(H,69,80)(H,70,84)(H,71,88)(H,72,83)(H,73,87)(H,81,82)(H,89,90). The number of rotatable bonds is 12. The van der Waals surface area contributed by atoms with Crippen LogP contribution in [-0.4, -0.2) is 119 Å². The van der Waals surface area contributed by atoms with Crippen molar-refractivity contribution >= 4 is 105 Å². The molecule has 0 saturated heterocycles. The molecular formula is C63H53Cl3N8O17. The quantitative estimate of drug-likeness (QED) is 0.0740. The van der Waals surface area contributed by atoms with Gasteiger partial charge in [-0.25, -0.2) is 4.79 Å². The highest BCUT2D eigenvalue weighted by Gasteiger charge is 2.52. The third-order valence-electron chi connectivity index (χ3n) is 15.6. The molecule has 11 rings (SSSR count). The molecule has 1 aliphatic carbocycles. The van der Waals surface area contributed by atoms with Crippen molar-refractivity contribution in [1.29, 1.82) is 0 Å². The van der Waals surface area contributed by atoms with Gasteiger partial charge in [0.05, 0.1) is 20.6 Å². The molecule has 9 atom stereocenters. The summed E-state index contributed by atoms with van der Waals surface area (Å²) in [7, 11) is 0. The van der Waals surface area contributed by atoms with Crippen molar-refractivity contribution < 1.29 is 83.3 Å². The SMILES string of the molecule is O=C(O)CC(=O)NC(C(=O)NC1Cc2cn(c3ccccc23)C23C=CC(=O)C(C2)Oc2ccc(cc2)CC(C(=O)NC(C(=O)O)c2ccc(O)cc2)NC(=O)C(c2ccc(O)c(Cl)c2)NC(=O)C3NC(=O)C(c2ccc(O)c(Cl)c2)NC1=O)c1ccc(O)c(Cl)c1. The lowest BCUT2D eigenvalue weighted by atomic mass is 9.77. The predicted molar refractivity (Wildman–Crippen MR) is 324 cm³/mol. The Morgan fingerprint density at radius 3 is 1.85 bits per heavy atom. The number of nitrogens with one attached hydrogen (secondary N) is 7. The highest BCUT2D eigenvalue weighted by molar-refractivity contribution is 6.32. The minimum atomic E-state index is -2.06. The van der Waals surface area contributed by atoms with Gasteiger partial charge in [-0.15, -0.1) is 0 Å². The first-order chi connectivity index (χ1) is 43.4. The molecule has 3 aliphatic heterocycles. The zero-order valence-electron chi connectivity index (χ0n) is 47.1. The van der Waals surface area contributed by atoms with Gasteiger partial charge in [0.2, 0.25) is 41.4 Å². The summed E-state index contributed by atoms with van der Waals surface area (Å²) in [5.74, 6) is -13.0. The smallest absolute Gasteiger partial charge is 0.330 e. The highest BCUT2D eigenvalue weighted by Crippen LogP contribution is 2.41. The molecule has 6 bridgehead atoms. The van der Waals surface area contributed by atoms with Gasteiger partial charge in [0.15, 0.2) is 17.9 Å². The van der Waals surface area contributed by atoms with Crippen LogP contribution in [0, 0.1) is 0 Å². The van der Waals surface area contributed by atoms with Crippen LogP contribution in [0.4, 0.5) is 0 Å². The van der Waals surface area contributed by atoms with Crippen LogP contribution in [0.3, 0.4) is 0 Å². The molecule has 0 radical (unpaired) electrons. The maximum absolute atomic E-state index is 16.2. The Balaban J connectivity index is 1.15. The van der Waals surface area contributed by atoms with Gasteiger partial charge in [-0.2, -0.15) is 0 Å². The Labute approximate surface area is 529 Å². The number of carboxylic acid groups (broad SMARTS) is 2. The topological polar surface area (TPSA) is 390 Å². The number of hydrogen-bond acceptors (Lipinski definition) is 15. The second-order valence-electron chi connectivity index (χ2n) is 21.7. The van der Waals surface area contributed by atoms with E-state index in [0.717, 1.165) is 42.5 Å². The minimum Gasteiger partial charge on any atom is -0.508 e. The zero-order valence-corrected chi connectivity index (χ0v) is 49.3. The fourth-order valence-electron chi connectivity index (χ4n) is 11.1. The summed E-state index contributed by atoms with van der Waals surface area (Å²) in [6.45, 7) is 0. The van der Waals surface area contributed by atoms with E-state index in [9.17, 15) is 59.4 Å². The van der Waals surface area contributed by atoms with E-state index in [4.69, 9.17) is 39.5 Å². The molecule has 28 heteroatoms. The third kappa shape index (κ3) is 13.7. The van der Waals surface area contributed by atoms with Gasteiger partial charge >= 0.3 is 11.9 Å². The van der Waals surface area contributed by atoms with E-state index in [1.54, 1.807) is 28.8 Å². The number of hydrogen-bond donors (Lipinski definition) is 13. The normalized spacial score (nSPS) is 21.5. The van der Waals surface area contributed by atoms with E-state index >= 15 is 19.2 Å². The maximum atomic E-state index is 16.2. The van der Waals surface area contributed by atoms with Gasteiger partial charge in [0.25, 0.3) is 0 Å². The molecule has 91 heavy (non-hydrogen) atoms. The van der Waals surface area contributed by atoms with Crippen molar-refractivity contribution in [2.45, 2.75) is 79.6 Å². The number of carbonyl (C=O) groups excluding carboxylic acids is 8. The number of benzene rings is 6. The van der Waals surface area contributed by atoms with Crippen LogP contribution < -0.4 is 42.0 Å². The third-order valence-corrected chi connectivity index (χ3v) is 16.5. The van der Waals surface area contributed by atoms with Crippen LogP contribution in [0.5, 0.6) is 28.7 Å². The number of fused-ring (bicyclic) bond motifs is 13. The van der Waals surface area contributed by atoms with Gasteiger partial charge in [-0.05, 0) is 106 Å². The number of halogens is 3. The van der Waals surface area contributed by atoms with Crippen LogP contribution in [0.15, 0.2) is 146 Å². The number of carboxylic acids is 2. The van der Waals surface area contributed by atoms with Gasteiger partial charge < -0.3 is 77.2 Å². The first-order valence-electron chi connectivity index (χ1n) is 27.7. The summed E-state index contributed by atoms with van der Waals surface area (Å²) in [5.41, 5.74) is -1.40. The second kappa shape index (κ2) is 26.2. The number of carbonyl (C=O) groups is 10. The molecule has 1 spiro atoms. The van der Waals surface area contributed by atoms with E-state index < -0.39 is 150 Å². The summed E-state index contributed by atoms with van der Waals surface area (Å²) in [4.78, 5) is 144. The fraction of sp³-hybridized carbons (Fsp3) is 0.206. The molecule has 7 aromatic rings. The number of aromatic nitrogens is 1. The number of para-hydroxylation sites is 1. The summed E-state index contributed by atoms with van der Waals surface area (Å²) >= 11 is 19.2. The van der Waals surface area contributed by atoms with E-state index in [1.165, 1.54) is 79.0 Å². The van der Waals surface area contributed by atoms with Crippen molar-refractivity contribution in [2.24, 2.45) is 0 Å². The monoisotopic (exact) mass is 1300 g/mol. The first kappa shape index (κ1) is 63.4. The number of ketones is 1.